The van der Waals surface area contributed by atoms with Gasteiger partial charge in [0.2, 0.25) is 5.88 Å². The summed E-state index contributed by atoms with van der Waals surface area (Å²) in [5.74, 6) is 2.26. The Morgan fingerprint density at radius 2 is 2.22 bits per heavy atom. The molecule has 148 valence electrons. The van der Waals surface area contributed by atoms with Crippen LogP contribution in [-0.2, 0) is 13.1 Å². The number of aromatic nitrogens is 3. The molecule has 0 atom stereocenters. The van der Waals surface area contributed by atoms with E-state index >= 15 is 0 Å². The molecule has 2 N–H and O–H groups in total. The quantitative estimate of drug-likeness (QED) is 0.235. The zero-order valence-corrected chi connectivity index (χ0v) is 18.1. The van der Waals surface area contributed by atoms with Gasteiger partial charge >= 0.3 is 0 Å². The standard InChI is InChI=1S/C19H28N6O.HI/c1-2-20-19(21-9-3-11-25-12-4-10-24-25)23-14-17-7-8-18(22-13-17)26-15-16-5-6-16;/h4,7-8,10,12-13,16H,2-3,5-6,9,11,14-15H2,1H3,(H2,20,21,23);1H. The van der Waals surface area contributed by atoms with Gasteiger partial charge in [-0.2, -0.15) is 5.10 Å². The summed E-state index contributed by atoms with van der Waals surface area (Å²) in [5.41, 5.74) is 1.07. The van der Waals surface area contributed by atoms with Gasteiger partial charge in [-0.25, -0.2) is 9.98 Å². The lowest BCUT2D eigenvalue weighted by Crippen LogP contribution is -2.38. The van der Waals surface area contributed by atoms with E-state index in [4.69, 9.17) is 4.74 Å². The van der Waals surface area contributed by atoms with Crippen LogP contribution in [0.5, 0.6) is 5.88 Å². The number of aliphatic imine (C=N–C) groups is 1. The molecule has 2 aromatic heterocycles. The lowest BCUT2D eigenvalue weighted by Gasteiger charge is -2.11. The van der Waals surface area contributed by atoms with Crippen LogP contribution >= 0.6 is 24.0 Å². The van der Waals surface area contributed by atoms with Crippen LogP contribution in [0.25, 0.3) is 0 Å². The number of hydrogen-bond donors (Lipinski definition) is 2. The van der Waals surface area contributed by atoms with Gasteiger partial charge in [-0.1, -0.05) is 6.07 Å². The van der Waals surface area contributed by atoms with Crippen LogP contribution in [-0.4, -0.2) is 40.4 Å². The van der Waals surface area contributed by atoms with Crippen molar-refractivity contribution >= 4 is 29.9 Å². The minimum Gasteiger partial charge on any atom is -0.477 e. The number of aryl methyl sites for hydroxylation is 1. The Balaban J connectivity index is 0.00000261. The normalized spacial score (nSPS) is 13.7. The van der Waals surface area contributed by atoms with E-state index in [0.29, 0.717) is 12.4 Å². The number of nitrogens with zero attached hydrogens (tertiary/aromatic N) is 4. The van der Waals surface area contributed by atoms with Crippen LogP contribution in [0.4, 0.5) is 0 Å². The number of hydrogen-bond acceptors (Lipinski definition) is 4. The zero-order valence-electron chi connectivity index (χ0n) is 15.8. The average molecular weight is 484 g/mol. The molecular formula is C19H29IN6O. The Morgan fingerprint density at radius 1 is 1.33 bits per heavy atom. The number of rotatable bonds is 10. The third-order valence-electron chi connectivity index (χ3n) is 4.14. The molecule has 0 saturated heterocycles. The molecular weight excluding hydrogens is 455 g/mol. The highest BCUT2D eigenvalue weighted by atomic mass is 127. The summed E-state index contributed by atoms with van der Waals surface area (Å²) in [7, 11) is 0. The van der Waals surface area contributed by atoms with E-state index in [9.17, 15) is 0 Å². The van der Waals surface area contributed by atoms with Gasteiger partial charge in [0.05, 0.1) is 13.2 Å². The topological polar surface area (TPSA) is 76.4 Å². The molecule has 0 spiro atoms. The van der Waals surface area contributed by atoms with Gasteiger partial charge in [0.15, 0.2) is 5.96 Å². The molecule has 0 aliphatic heterocycles. The van der Waals surface area contributed by atoms with Crippen molar-refractivity contribution in [1.29, 1.82) is 0 Å². The van der Waals surface area contributed by atoms with Crippen molar-refractivity contribution in [1.82, 2.24) is 25.4 Å². The number of halogens is 1. The predicted octanol–water partition coefficient (Wildman–Crippen LogP) is 2.83. The second-order valence-electron chi connectivity index (χ2n) is 6.50. The molecule has 1 aliphatic rings. The van der Waals surface area contributed by atoms with E-state index in [-0.39, 0.29) is 24.0 Å². The highest BCUT2D eigenvalue weighted by molar-refractivity contribution is 14.0. The Labute approximate surface area is 178 Å². The van der Waals surface area contributed by atoms with Gasteiger partial charge in [0.1, 0.15) is 0 Å². The van der Waals surface area contributed by atoms with E-state index in [0.717, 1.165) is 50.1 Å². The number of guanidine groups is 1. The van der Waals surface area contributed by atoms with Crippen molar-refractivity contribution in [2.75, 3.05) is 19.7 Å². The van der Waals surface area contributed by atoms with Gasteiger partial charge < -0.3 is 15.4 Å². The average Bonchev–Trinajstić information content (AvgIpc) is 3.35. The molecule has 0 bridgehead atoms. The SMILES string of the molecule is CCNC(=NCc1ccc(OCC2CC2)nc1)NCCCn1cccn1.I. The maximum atomic E-state index is 5.67. The summed E-state index contributed by atoms with van der Waals surface area (Å²) in [4.78, 5) is 8.99. The van der Waals surface area contributed by atoms with Crippen LogP contribution in [0.2, 0.25) is 0 Å². The molecule has 1 aliphatic carbocycles. The lowest BCUT2D eigenvalue weighted by atomic mass is 10.3. The molecule has 1 fully saturated rings. The van der Waals surface area contributed by atoms with Crippen LogP contribution < -0.4 is 15.4 Å². The minimum atomic E-state index is 0. The summed E-state index contributed by atoms with van der Waals surface area (Å²) >= 11 is 0. The molecule has 3 rings (SSSR count). The molecule has 7 nitrogen and oxygen atoms in total. The number of pyridine rings is 1. The van der Waals surface area contributed by atoms with Crippen molar-refractivity contribution in [2.24, 2.45) is 10.9 Å². The minimum absolute atomic E-state index is 0. The highest BCUT2D eigenvalue weighted by Gasteiger charge is 2.21. The van der Waals surface area contributed by atoms with E-state index in [1.165, 1.54) is 12.8 Å². The van der Waals surface area contributed by atoms with Crippen LogP contribution in [0, 0.1) is 5.92 Å². The second-order valence-corrected chi connectivity index (χ2v) is 6.50. The van der Waals surface area contributed by atoms with Gasteiger partial charge in [0, 0.05) is 44.3 Å². The Kier molecular flexibility index (Phi) is 9.37. The van der Waals surface area contributed by atoms with Gasteiger partial charge in [-0.05, 0) is 43.7 Å². The summed E-state index contributed by atoms with van der Waals surface area (Å²) in [6.07, 6.45) is 9.18. The Morgan fingerprint density at radius 3 is 2.89 bits per heavy atom. The van der Waals surface area contributed by atoms with Gasteiger partial charge in [-0.15, -0.1) is 24.0 Å². The summed E-state index contributed by atoms with van der Waals surface area (Å²) < 4.78 is 7.60. The first-order chi connectivity index (χ1) is 12.8. The van der Waals surface area contributed by atoms with E-state index in [1.807, 2.05) is 35.3 Å². The largest absolute Gasteiger partial charge is 0.477 e. The highest BCUT2D eigenvalue weighted by Crippen LogP contribution is 2.29. The van der Waals surface area contributed by atoms with Crippen molar-refractivity contribution in [3.63, 3.8) is 0 Å². The van der Waals surface area contributed by atoms with Gasteiger partial charge in [0.25, 0.3) is 0 Å². The molecule has 27 heavy (non-hydrogen) atoms. The fourth-order valence-electron chi connectivity index (χ4n) is 2.47. The fourth-order valence-corrected chi connectivity index (χ4v) is 2.47. The van der Waals surface area contributed by atoms with Crippen molar-refractivity contribution in [2.45, 2.75) is 39.3 Å². The third-order valence-corrected chi connectivity index (χ3v) is 4.14. The molecule has 2 aromatic rings. The lowest BCUT2D eigenvalue weighted by molar-refractivity contribution is 0.288. The zero-order chi connectivity index (χ0) is 18.0. The monoisotopic (exact) mass is 484 g/mol. The maximum absolute atomic E-state index is 5.67. The molecule has 0 unspecified atom stereocenters. The summed E-state index contributed by atoms with van der Waals surface area (Å²) in [6, 6.07) is 5.90. The smallest absolute Gasteiger partial charge is 0.213 e. The molecule has 0 aromatic carbocycles. The van der Waals surface area contributed by atoms with Crippen molar-refractivity contribution in [3.05, 3.63) is 42.4 Å². The van der Waals surface area contributed by atoms with Crippen molar-refractivity contribution in [3.8, 4) is 5.88 Å². The Bertz CT molecular complexity index is 670. The Hall–Kier alpha value is -1.84. The number of ether oxygens (including phenoxy) is 1. The summed E-state index contributed by atoms with van der Waals surface area (Å²) in [6.45, 7) is 6.01. The first-order valence-corrected chi connectivity index (χ1v) is 9.41. The van der Waals surface area contributed by atoms with E-state index in [2.05, 4.69) is 32.6 Å². The molecule has 2 heterocycles. The number of nitrogens with one attached hydrogen (secondary N) is 2. The summed E-state index contributed by atoms with van der Waals surface area (Å²) in [5, 5.41) is 10.8. The molecule has 1 saturated carbocycles. The van der Waals surface area contributed by atoms with Crippen LogP contribution in [0.1, 0.15) is 31.7 Å². The molecule has 0 amide bonds. The second kappa shape index (κ2) is 11.8. The van der Waals surface area contributed by atoms with E-state index in [1.54, 1.807) is 6.20 Å². The van der Waals surface area contributed by atoms with Crippen LogP contribution in [0.3, 0.4) is 0 Å². The fraction of sp³-hybridized carbons (Fsp3) is 0.526. The third kappa shape index (κ3) is 8.15. The molecule has 8 heteroatoms. The maximum Gasteiger partial charge on any atom is 0.213 e. The van der Waals surface area contributed by atoms with Crippen LogP contribution in [0.15, 0.2) is 41.8 Å². The van der Waals surface area contributed by atoms with Crippen molar-refractivity contribution < 1.29 is 4.74 Å². The first kappa shape index (κ1) is 21.5. The first-order valence-electron chi connectivity index (χ1n) is 9.41. The predicted molar refractivity (Wildman–Crippen MR) is 118 cm³/mol. The molecule has 0 radical (unpaired) electrons. The van der Waals surface area contributed by atoms with Gasteiger partial charge in [-0.3, -0.25) is 4.68 Å². The van der Waals surface area contributed by atoms with E-state index < -0.39 is 0 Å².